The van der Waals surface area contributed by atoms with E-state index in [1.54, 1.807) is 12.0 Å². The van der Waals surface area contributed by atoms with Crippen LogP contribution in [-0.4, -0.2) is 50.1 Å². The van der Waals surface area contributed by atoms with E-state index in [2.05, 4.69) is 4.90 Å². The van der Waals surface area contributed by atoms with Gasteiger partial charge in [-0.3, -0.25) is 9.69 Å². The third-order valence-electron chi connectivity index (χ3n) is 4.47. The first-order valence-corrected chi connectivity index (χ1v) is 9.88. The van der Waals surface area contributed by atoms with Gasteiger partial charge in [0.2, 0.25) is 0 Å². The predicted molar refractivity (Wildman–Crippen MR) is 112 cm³/mol. The molecule has 3 rings (SSSR count). The van der Waals surface area contributed by atoms with E-state index in [1.165, 1.54) is 35.6 Å². The lowest BCUT2D eigenvalue weighted by Gasteiger charge is -2.21. The van der Waals surface area contributed by atoms with Crippen LogP contribution in [0.15, 0.2) is 36.4 Å². The van der Waals surface area contributed by atoms with Crippen molar-refractivity contribution in [3.05, 3.63) is 53.3 Å². The average molecular weight is 402 g/mol. The van der Waals surface area contributed by atoms with E-state index in [-0.39, 0.29) is 11.7 Å². The fourth-order valence-electron chi connectivity index (χ4n) is 2.96. The van der Waals surface area contributed by atoms with Gasteiger partial charge in [0.05, 0.1) is 11.8 Å². The van der Waals surface area contributed by atoms with Crippen LogP contribution in [0.2, 0.25) is 0 Å². The Hall–Kier alpha value is -2.51. The predicted octanol–water partition coefficient (Wildman–Crippen LogP) is 4.35. The normalized spacial score (nSPS) is 11.2. The number of hydrogen-bond acceptors (Lipinski definition) is 5. The minimum Gasteiger partial charge on any atom is -0.494 e. The molecular weight excluding hydrogens is 377 g/mol. The summed E-state index contributed by atoms with van der Waals surface area (Å²) in [5, 5.41) is 0.621. The van der Waals surface area contributed by atoms with Gasteiger partial charge in [-0.15, -0.1) is 0 Å². The van der Waals surface area contributed by atoms with Crippen molar-refractivity contribution in [2.45, 2.75) is 13.3 Å². The molecule has 28 heavy (non-hydrogen) atoms. The molecule has 1 aromatic heterocycles. The molecular formula is C21H24FN3O2S. The molecule has 1 amide bonds. The van der Waals surface area contributed by atoms with Crippen molar-refractivity contribution in [3.63, 3.8) is 0 Å². The highest BCUT2D eigenvalue weighted by molar-refractivity contribution is 7.22. The maximum atomic E-state index is 13.3. The van der Waals surface area contributed by atoms with Gasteiger partial charge < -0.3 is 9.64 Å². The molecule has 0 aliphatic carbocycles. The van der Waals surface area contributed by atoms with Gasteiger partial charge in [-0.25, -0.2) is 9.37 Å². The number of ether oxygens (including phenoxy) is 1. The Labute approximate surface area is 168 Å². The Morgan fingerprint density at radius 2 is 1.86 bits per heavy atom. The zero-order valence-corrected chi connectivity index (χ0v) is 17.3. The minimum absolute atomic E-state index is 0.186. The summed E-state index contributed by atoms with van der Waals surface area (Å²) in [5.74, 6) is 0.135. The van der Waals surface area contributed by atoms with Crippen LogP contribution in [0.1, 0.15) is 22.3 Å². The van der Waals surface area contributed by atoms with Crippen molar-refractivity contribution in [1.82, 2.24) is 9.88 Å². The van der Waals surface area contributed by atoms with Gasteiger partial charge in [0.25, 0.3) is 5.91 Å². The maximum Gasteiger partial charge on any atom is 0.260 e. The number of halogens is 1. The number of anilines is 1. The van der Waals surface area contributed by atoms with Gasteiger partial charge in [0.1, 0.15) is 17.1 Å². The molecule has 0 radical (unpaired) electrons. The zero-order chi connectivity index (χ0) is 20.3. The van der Waals surface area contributed by atoms with E-state index >= 15 is 0 Å². The number of aromatic nitrogens is 1. The van der Waals surface area contributed by atoms with Crippen LogP contribution in [0.4, 0.5) is 9.52 Å². The average Bonchev–Trinajstić information content (AvgIpc) is 3.11. The van der Waals surface area contributed by atoms with Gasteiger partial charge in [-0.05, 0) is 69.9 Å². The smallest absolute Gasteiger partial charge is 0.260 e. The number of carbonyl (C=O) groups is 1. The van der Waals surface area contributed by atoms with Gasteiger partial charge in [-0.2, -0.15) is 0 Å². The summed E-state index contributed by atoms with van der Waals surface area (Å²) in [4.78, 5) is 21.6. The number of amides is 1. The number of hydrogen-bond donors (Lipinski definition) is 0. The van der Waals surface area contributed by atoms with Gasteiger partial charge in [0.15, 0.2) is 5.13 Å². The van der Waals surface area contributed by atoms with E-state index in [0.717, 1.165) is 28.7 Å². The molecule has 0 saturated heterocycles. The lowest BCUT2D eigenvalue weighted by Crippen LogP contribution is -2.33. The van der Waals surface area contributed by atoms with Crippen molar-refractivity contribution in [3.8, 4) is 5.75 Å². The fourth-order valence-corrected chi connectivity index (χ4v) is 4.03. The number of rotatable bonds is 7. The third-order valence-corrected chi connectivity index (χ3v) is 5.68. The van der Waals surface area contributed by atoms with Gasteiger partial charge in [0, 0.05) is 12.1 Å². The van der Waals surface area contributed by atoms with Crippen molar-refractivity contribution < 1.29 is 13.9 Å². The van der Waals surface area contributed by atoms with Crippen molar-refractivity contribution >= 4 is 32.6 Å². The van der Waals surface area contributed by atoms with E-state index in [1.807, 2.05) is 33.2 Å². The Kier molecular flexibility index (Phi) is 6.26. The molecule has 0 aliphatic rings. The first-order valence-electron chi connectivity index (χ1n) is 9.07. The Morgan fingerprint density at radius 1 is 1.14 bits per heavy atom. The zero-order valence-electron chi connectivity index (χ0n) is 16.5. The van der Waals surface area contributed by atoms with Crippen molar-refractivity contribution in [2.24, 2.45) is 0 Å². The molecule has 148 valence electrons. The fraction of sp³-hybridized carbons (Fsp3) is 0.333. The topological polar surface area (TPSA) is 45.7 Å². The van der Waals surface area contributed by atoms with E-state index < -0.39 is 0 Å². The largest absolute Gasteiger partial charge is 0.494 e. The summed E-state index contributed by atoms with van der Waals surface area (Å²) in [6.45, 7) is 3.39. The summed E-state index contributed by atoms with van der Waals surface area (Å²) < 4.78 is 19.7. The number of benzene rings is 2. The van der Waals surface area contributed by atoms with E-state index in [4.69, 9.17) is 9.72 Å². The monoisotopic (exact) mass is 401 g/mol. The molecule has 3 aromatic rings. The highest BCUT2D eigenvalue weighted by Gasteiger charge is 2.22. The van der Waals surface area contributed by atoms with Gasteiger partial charge >= 0.3 is 0 Å². The Morgan fingerprint density at radius 3 is 2.50 bits per heavy atom. The van der Waals surface area contributed by atoms with Crippen LogP contribution >= 0.6 is 11.3 Å². The lowest BCUT2D eigenvalue weighted by molar-refractivity contribution is 0.0986. The molecule has 1 heterocycles. The minimum atomic E-state index is -0.365. The van der Waals surface area contributed by atoms with Gasteiger partial charge in [-0.1, -0.05) is 17.4 Å². The molecule has 0 saturated carbocycles. The number of nitrogens with zero attached hydrogens (tertiary/aromatic N) is 3. The van der Waals surface area contributed by atoms with Crippen LogP contribution in [0.25, 0.3) is 10.2 Å². The van der Waals surface area contributed by atoms with Crippen molar-refractivity contribution in [2.75, 3.05) is 39.2 Å². The molecule has 0 unspecified atom stereocenters. The number of thiazole rings is 1. The van der Waals surface area contributed by atoms with E-state index in [0.29, 0.717) is 23.0 Å². The maximum absolute atomic E-state index is 13.3. The number of aryl methyl sites for hydroxylation is 1. The molecule has 0 bridgehead atoms. The highest BCUT2D eigenvalue weighted by Crippen LogP contribution is 2.36. The highest BCUT2D eigenvalue weighted by atomic mass is 32.1. The van der Waals surface area contributed by atoms with Crippen LogP contribution in [0, 0.1) is 12.7 Å². The molecule has 0 fully saturated rings. The second kappa shape index (κ2) is 8.67. The Balaban J connectivity index is 2.00. The molecule has 2 aromatic carbocycles. The summed E-state index contributed by atoms with van der Waals surface area (Å²) in [6.07, 6.45) is 0.798. The summed E-state index contributed by atoms with van der Waals surface area (Å²) >= 11 is 1.47. The number of methoxy groups -OCH3 is 1. The third kappa shape index (κ3) is 4.31. The summed E-state index contributed by atoms with van der Waals surface area (Å²) in [5.41, 5.74) is 2.28. The van der Waals surface area contributed by atoms with Crippen LogP contribution in [0.3, 0.4) is 0 Å². The number of carbonyl (C=O) groups excluding carboxylic acids is 1. The van der Waals surface area contributed by atoms with Crippen molar-refractivity contribution in [1.29, 1.82) is 0 Å². The van der Waals surface area contributed by atoms with Crippen LogP contribution < -0.4 is 9.64 Å². The molecule has 5 nitrogen and oxygen atoms in total. The Bertz CT molecular complexity index is 970. The van der Waals surface area contributed by atoms with Crippen LogP contribution in [-0.2, 0) is 0 Å². The molecule has 0 aliphatic heterocycles. The summed E-state index contributed by atoms with van der Waals surface area (Å²) in [7, 11) is 5.61. The first kappa shape index (κ1) is 20.2. The molecule has 0 atom stereocenters. The second-order valence-electron chi connectivity index (χ2n) is 6.88. The molecule has 7 heteroatoms. The first-order chi connectivity index (χ1) is 13.4. The van der Waals surface area contributed by atoms with E-state index in [9.17, 15) is 9.18 Å². The molecule has 0 spiro atoms. The lowest BCUT2D eigenvalue weighted by atomic mass is 10.2. The number of fused-ring (bicyclic) bond motifs is 1. The second-order valence-corrected chi connectivity index (χ2v) is 7.86. The quantitative estimate of drug-likeness (QED) is 0.590. The SMILES string of the molecule is COc1ccc(C)c2sc(N(CCCN(C)C)C(=O)c3ccc(F)cc3)nc12. The summed E-state index contributed by atoms with van der Waals surface area (Å²) in [6, 6.07) is 9.50. The molecule has 0 N–H and O–H groups in total. The van der Waals surface area contributed by atoms with Crippen LogP contribution in [0.5, 0.6) is 5.75 Å². The standard InChI is InChI=1S/C21H24FN3O2S/c1-14-6-11-17(27-4)18-19(14)28-21(23-18)25(13-5-12-24(2)3)20(26)15-7-9-16(22)10-8-15/h6-11H,5,12-13H2,1-4H3.